The third kappa shape index (κ3) is 2.22. The average Bonchev–Trinajstić information content (AvgIpc) is 3.15. The number of benzene rings is 1. The van der Waals surface area contributed by atoms with Crippen molar-refractivity contribution in [1.82, 2.24) is 14.4 Å². The van der Waals surface area contributed by atoms with Crippen LogP contribution in [0, 0.1) is 6.92 Å². The van der Waals surface area contributed by atoms with Crippen molar-refractivity contribution in [2.45, 2.75) is 19.5 Å². The Labute approximate surface area is 150 Å². The van der Waals surface area contributed by atoms with Gasteiger partial charge in [-0.15, -0.1) is 0 Å². The van der Waals surface area contributed by atoms with Gasteiger partial charge in [-0.1, -0.05) is 17.1 Å². The van der Waals surface area contributed by atoms with E-state index in [-0.39, 0.29) is 11.9 Å². The van der Waals surface area contributed by atoms with Gasteiger partial charge in [0.1, 0.15) is 17.6 Å². The number of hydrogen-bond acceptors (Lipinski definition) is 4. The van der Waals surface area contributed by atoms with Crippen LogP contribution < -0.4 is 9.30 Å². The van der Waals surface area contributed by atoms with Crippen LogP contribution in [0.25, 0.3) is 0 Å². The summed E-state index contributed by atoms with van der Waals surface area (Å²) in [4.78, 5) is 32.0. The second kappa shape index (κ2) is 5.69. The van der Waals surface area contributed by atoms with Crippen LogP contribution in [0.5, 0.6) is 5.75 Å². The number of imide groups is 1. The molecule has 4 rings (SSSR count). The van der Waals surface area contributed by atoms with E-state index in [2.05, 4.69) is 4.99 Å². The van der Waals surface area contributed by atoms with E-state index in [1.54, 1.807) is 14.2 Å². The van der Waals surface area contributed by atoms with Gasteiger partial charge in [-0.2, -0.15) is 0 Å². The quantitative estimate of drug-likeness (QED) is 0.779. The number of aliphatic imine (C=N–C) groups is 1. The van der Waals surface area contributed by atoms with Gasteiger partial charge in [0.15, 0.2) is 0 Å². The van der Waals surface area contributed by atoms with E-state index >= 15 is 0 Å². The van der Waals surface area contributed by atoms with Crippen molar-refractivity contribution in [2.75, 3.05) is 21.2 Å². The molecule has 1 saturated heterocycles. The van der Waals surface area contributed by atoms with Crippen LogP contribution in [-0.4, -0.2) is 53.3 Å². The van der Waals surface area contributed by atoms with E-state index in [4.69, 9.17) is 4.74 Å². The fraction of sp³-hybridized carbons (Fsp3) is 0.333. The van der Waals surface area contributed by atoms with Crippen molar-refractivity contribution < 1.29 is 18.9 Å². The second-order valence-corrected chi connectivity index (χ2v) is 6.52. The van der Waals surface area contributed by atoms with Gasteiger partial charge in [0, 0.05) is 14.1 Å². The molecule has 2 aliphatic rings. The summed E-state index contributed by atoms with van der Waals surface area (Å²) in [5.41, 5.74) is 2.09. The molecule has 3 heterocycles. The number of aromatic nitrogens is 2. The summed E-state index contributed by atoms with van der Waals surface area (Å²) >= 11 is 0. The molecule has 1 aromatic heterocycles. The maximum absolute atomic E-state index is 12.6. The highest BCUT2D eigenvalue weighted by Gasteiger charge is 2.52. The molecule has 0 spiro atoms. The van der Waals surface area contributed by atoms with Crippen LogP contribution in [0.3, 0.4) is 0 Å². The summed E-state index contributed by atoms with van der Waals surface area (Å²) in [5, 5.41) is 0. The Morgan fingerprint density at radius 2 is 1.85 bits per heavy atom. The van der Waals surface area contributed by atoms with Gasteiger partial charge in [0.2, 0.25) is 11.9 Å². The van der Waals surface area contributed by atoms with E-state index in [1.807, 2.05) is 46.5 Å². The van der Waals surface area contributed by atoms with Crippen LogP contribution in [0.1, 0.15) is 17.3 Å². The lowest BCUT2D eigenvalue weighted by Gasteiger charge is -2.30. The monoisotopic (exact) mass is 354 g/mol. The van der Waals surface area contributed by atoms with Gasteiger partial charge < -0.3 is 4.74 Å². The van der Waals surface area contributed by atoms with Crippen LogP contribution in [0.4, 0.5) is 10.7 Å². The lowest BCUT2D eigenvalue weighted by Crippen LogP contribution is -2.61. The Morgan fingerprint density at radius 3 is 2.50 bits per heavy atom. The molecule has 0 bridgehead atoms. The predicted octanol–water partition coefficient (Wildman–Crippen LogP) is 1.25. The number of urea groups is 1. The Balaban J connectivity index is 1.74. The van der Waals surface area contributed by atoms with Gasteiger partial charge in [0.05, 0.1) is 13.7 Å². The Hall–Kier alpha value is -3.16. The van der Waals surface area contributed by atoms with Gasteiger partial charge in [-0.25, -0.2) is 13.9 Å². The molecule has 2 aromatic rings. The topological polar surface area (TPSA) is 71.0 Å². The molecule has 8 heteroatoms. The predicted molar refractivity (Wildman–Crippen MR) is 93.5 cm³/mol. The smallest absolute Gasteiger partial charge is 0.402 e. The van der Waals surface area contributed by atoms with Gasteiger partial charge >= 0.3 is 12.0 Å². The molecular formula is C18H20N5O3+. The first-order valence-corrected chi connectivity index (χ1v) is 8.30. The third-order valence-electron chi connectivity index (χ3n) is 4.94. The molecule has 1 aromatic carbocycles. The van der Waals surface area contributed by atoms with Crippen LogP contribution in [0.15, 0.2) is 35.5 Å². The number of ether oxygens (including phenoxy) is 1. The summed E-state index contributed by atoms with van der Waals surface area (Å²) in [7, 11) is 4.78. The van der Waals surface area contributed by atoms with Crippen molar-refractivity contribution in [3.05, 3.63) is 41.7 Å². The first-order chi connectivity index (χ1) is 12.4. The van der Waals surface area contributed by atoms with Crippen LogP contribution >= 0.6 is 0 Å². The standard InChI is InChI=1S/C18H20N5O3/c1-11-9-23-14-15(20(2)18(25)21(3)16(14)24)19-17(23)22(11)10-12-5-7-13(26-4)8-6-12/h5-9,14H,10H2,1-4H3/q+1. The zero-order chi connectivity index (χ0) is 18.6. The van der Waals surface area contributed by atoms with E-state index in [1.165, 1.54) is 11.9 Å². The SMILES string of the molecule is COc1ccc(Cn2c(C)c[n+]3c2N=C2C3C(=O)N(C)C(=O)N2C)cc1. The molecule has 1 atom stereocenters. The number of fused-ring (bicyclic) bond motifs is 3. The number of hydrogen-bond donors (Lipinski definition) is 0. The highest BCUT2D eigenvalue weighted by Crippen LogP contribution is 2.29. The summed E-state index contributed by atoms with van der Waals surface area (Å²) in [6.07, 6.45) is 1.91. The Morgan fingerprint density at radius 1 is 1.15 bits per heavy atom. The largest absolute Gasteiger partial charge is 0.497 e. The Bertz CT molecular complexity index is 944. The summed E-state index contributed by atoms with van der Waals surface area (Å²) in [5.74, 6) is 1.67. The van der Waals surface area contributed by atoms with E-state index in [0.29, 0.717) is 18.3 Å². The van der Waals surface area contributed by atoms with Crippen molar-refractivity contribution >= 4 is 23.7 Å². The number of carbonyl (C=O) groups excluding carboxylic acids is 2. The lowest BCUT2D eigenvalue weighted by molar-refractivity contribution is -0.677. The average molecular weight is 354 g/mol. The van der Waals surface area contributed by atoms with Crippen molar-refractivity contribution in [2.24, 2.45) is 4.99 Å². The summed E-state index contributed by atoms with van der Waals surface area (Å²) in [6, 6.07) is 6.87. The third-order valence-corrected chi connectivity index (χ3v) is 4.94. The molecule has 0 N–H and O–H groups in total. The van der Waals surface area contributed by atoms with E-state index in [0.717, 1.165) is 21.9 Å². The molecule has 26 heavy (non-hydrogen) atoms. The fourth-order valence-corrected chi connectivity index (χ4v) is 3.42. The van der Waals surface area contributed by atoms with Gasteiger partial charge in [-0.3, -0.25) is 14.6 Å². The number of carbonyl (C=O) groups is 2. The number of amidine groups is 1. The number of rotatable bonds is 3. The molecule has 8 nitrogen and oxygen atoms in total. The minimum Gasteiger partial charge on any atom is -0.497 e. The van der Waals surface area contributed by atoms with Crippen LogP contribution in [-0.2, 0) is 11.3 Å². The lowest BCUT2D eigenvalue weighted by atomic mass is 10.2. The zero-order valence-corrected chi connectivity index (χ0v) is 15.1. The number of likely N-dealkylation sites (N-methyl/N-ethyl adjacent to an activating group) is 2. The summed E-state index contributed by atoms with van der Waals surface area (Å²) in [6.45, 7) is 2.60. The molecule has 1 fully saturated rings. The number of aryl methyl sites for hydroxylation is 1. The first kappa shape index (κ1) is 16.3. The maximum atomic E-state index is 12.6. The zero-order valence-electron chi connectivity index (χ0n) is 15.1. The fourth-order valence-electron chi connectivity index (χ4n) is 3.42. The minimum absolute atomic E-state index is 0.266. The summed E-state index contributed by atoms with van der Waals surface area (Å²) < 4.78 is 9.08. The van der Waals surface area contributed by atoms with E-state index in [9.17, 15) is 9.59 Å². The molecule has 2 aliphatic heterocycles. The van der Waals surface area contributed by atoms with Crippen molar-refractivity contribution in [3.8, 4) is 5.75 Å². The number of imidazole rings is 1. The molecule has 0 radical (unpaired) electrons. The van der Waals surface area contributed by atoms with E-state index < -0.39 is 6.04 Å². The van der Waals surface area contributed by atoms with Crippen LogP contribution in [0.2, 0.25) is 0 Å². The Kier molecular flexibility index (Phi) is 3.57. The van der Waals surface area contributed by atoms with Crippen molar-refractivity contribution in [1.29, 1.82) is 0 Å². The first-order valence-electron chi connectivity index (χ1n) is 8.30. The van der Waals surface area contributed by atoms with Crippen molar-refractivity contribution in [3.63, 3.8) is 0 Å². The number of amides is 3. The molecule has 0 saturated carbocycles. The second-order valence-electron chi connectivity index (χ2n) is 6.52. The van der Waals surface area contributed by atoms with Gasteiger partial charge in [-0.05, 0) is 24.6 Å². The highest BCUT2D eigenvalue weighted by atomic mass is 16.5. The number of methoxy groups -OCH3 is 1. The molecule has 3 amide bonds. The number of nitrogens with zero attached hydrogens (tertiary/aromatic N) is 5. The maximum Gasteiger partial charge on any atom is 0.402 e. The minimum atomic E-state index is -0.589. The highest BCUT2D eigenvalue weighted by molar-refractivity contribution is 6.18. The normalized spacial score (nSPS) is 18.8. The molecular weight excluding hydrogens is 334 g/mol. The van der Waals surface area contributed by atoms with Gasteiger partial charge in [0.25, 0.3) is 5.91 Å². The molecule has 1 unspecified atom stereocenters. The molecule has 0 aliphatic carbocycles. The molecule has 134 valence electrons.